The van der Waals surface area contributed by atoms with Gasteiger partial charge in [-0.3, -0.25) is 9.48 Å². The summed E-state index contributed by atoms with van der Waals surface area (Å²) in [4.78, 5) is 11.4. The highest BCUT2D eigenvalue weighted by molar-refractivity contribution is 4.96. The van der Waals surface area contributed by atoms with E-state index in [-0.39, 0.29) is 5.56 Å². The molecule has 0 unspecified atom stereocenters. The van der Waals surface area contributed by atoms with Gasteiger partial charge in [-0.2, -0.15) is 0 Å². The van der Waals surface area contributed by atoms with Crippen molar-refractivity contribution in [2.45, 2.75) is 37.8 Å². The molecule has 4 rings (SSSR count). The van der Waals surface area contributed by atoms with Gasteiger partial charge in [0.2, 0.25) is 0 Å². The van der Waals surface area contributed by atoms with Crippen LogP contribution in [0.4, 0.5) is 0 Å². The van der Waals surface area contributed by atoms with Gasteiger partial charge >= 0.3 is 0 Å². The minimum atomic E-state index is 0.185. The Morgan fingerprint density at radius 3 is 2.50 bits per heavy atom. The van der Waals surface area contributed by atoms with E-state index in [9.17, 15) is 4.79 Å². The first-order chi connectivity index (χ1) is 5.86. The molecule has 0 aromatic carbocycles. The summed E-state index contributed by atoms with van der Waals surface area (Å²) < 4.78 is 4.08. The molecular weight excluding hydrogens is 152 g/mol. The second-order valence-electron chi connectivity index (χ2n) is 3.84. The van der Waals surface area contributed by atoms with Crippen LogP contribution in [0.15, 0.2) is 17.1 Å². The maximum atomic E-state index is 11.4. The van der Waals surface area contributed by atoms with E-state index in [1.165, 1.54) is 25.7 Å². The lowest BCUT2D eigenvalue weighted by molar-refractivity contribution is 0.141. The maximum Gasteiger partial charge on any atom is 0.266 e. The molecule has 1 saturated carbocycles. The lowest BCUT2D eigenvalue weighted by atomic mass is 9.89. The van der Waals surface area contributed by atoms with Crippen LogP contribution < -0.4 is 5.56 Å². The topological polar surface area (TPSA) is 26.9 Å². The molecule has 0 radical (unpaired) electrons. The Kier molecular flexibility index (Phi) is 1.10. The van der Waals surface area contributed by atoms with Crippen molar-refractivity contribution in [2.75, 3.05) is 0 Å². The van der Waals surface area contributed by atoms with Gasteiger partial charge < -0.3 is 0 Å². The van der Waals surface area contributed by atoms with Crippen LogP contribution in [0.25, 0.3) is 0 Å². The van der Waals surface area contributed by atoms with Gasteiger partial charge in [-0.1, -0.05) is 0 Å². The summed E-state index contributed by atoms with van der Waals surface area (Å²) >= 11 is 0. The fourth-order valence-corrected chi connectivity index (χ4v) is 2.64. The molecule has 0 atom stereocenters. The highest BCUT2D eigenvalue weighted by Crippen LogP contribution is 2.39. The summed E-state index contributed by atoms with van der Waals surface area (Å²) in [7, 11) is 0. The quantitative estimate of drug-likeness (QED) is 0.568. The van der Waals surface area contributed by atoms with Crippen molar-refractivity contribution in [3.8, 4) is 0 Å². The molecule has 0 N–H and O–H groups in total. The lowest BCUT2D eigenvalue weighted by Crippen LogP contribution is -2.38. The van der Waals surface area contributed by atoms with Gasteiger partial charge in [0.1, 0.15) is 0 Å². The van der Waals surface area contributed by atoms with Crippen molar-refractivity contribution in [3.05, 3.63) is 22.6 Å². The number of hydrogen-bond acceptors (Lipinski definition) is 1. The van der Waals surface area contributed by atoms with E-state index in [4.69, 9.17) is 0 Å². The molecule has 1 aromatic heterocycles. The summed E-state index contributed by atoms with van der Waals surface area (Å²) in [6.07, 6.45) is 6.87. The molecule has 64 valence electrons. The predicted octanol–water partition coefficient (Wildman–Crippen LogP) is 1.32. The van der Waals surface area contributed by atoms with Crippen LogP contribution in [0.5, 0.6) is 0 Å². The average Bonchev–Trinajstić information content (AvgIpc) is 2.53. The monoisotopic (exact) mass is 164 g/mol. The highest BCUT2D eigenvalue weighted by Gasteiger charge is 2.32. The third-order valence-corrected chi connectivity index (χ3v) is 3.23. The van der Waals surface area contributed by atoms with Crippen LogP contribution in [0.2, 0.25) is 0 Å². The van der Waals surface area contributed by atoms with Crippen LogP contribution >= 0.6 is 0 Å². The fourth-order valence-electron chi connectivity index (χ4n) is 2.64. The second kappa shape index (κ2) is 2.03. The van der Waals surface area contributed by atoms with E-state index in [0.717, 1.165) is 0 Å². The molecule has 1 aromatic rings. The van der Waals surface area contributed by atoms with Crippen molar-refractivity contribution < 1.29 is 0 Å². The van der Waals surface area contributed by atoms with Crippen molar-refractivity contribution in [1.82, 2.24) is 9.36 Å². The standard InChI is InChI=1S/C9H12N2O/c12-9-5-6-10-7-1-3-8(4-2-7)11(9)10/h5-8H,1-4H2. The number of fused-ring (bicyclic) bond motifs is 2. The highest BCUT2D eigenvalue weighted by atomic mass is 16.1. The zero-order valence-electron chi connectivity index (χ0n) is 6.94. The molecule has 2 aliphatic heterocycles. The molecular formula is C9H12N2O. The minimum absolute atomic E-state index is 0.185. The molecule has 3 aliphatic rings. The Morgan fingerprint density at radius 2 is 1.83 bits per heavy atom. The largest absolute Gasteiger partial charge is 0.287 e. The van der Waals surface area contributed by atoms with Gasteiger partial charge in [0.15, 0.2) is 0 Å². The van der Waals surface area contributed by atoms with Crippen LogP contribution in [0, 0.1) is 0 Å². The van der Waals surface area contributed by atoms with Crippen LogP contribution in [0.3, 0.4) is 0 Å². The van der Waals surface area contributed by atoms with Gasteiger partial charge in [-0.25, -0.2) is 4.68 Å². The van der Waals surface area contributed by atoms with Crippen LogP contribution in [-0.4, -0.2) is 9.36 Å². The molecule has 3 heterocycles. The fraction of sp³-hybridized carbons (Fsp3) is 0.667. The predicted molar refractivity (Wildman–Crippen MR) is 45.2 cm³/mol. The average molecular weight is 164 g/mol. The van der Waals surface area contributed by atoms with Gasteiger partial charge in [0.25, 0.3) is 5.56 Å². The van der Waals surface area contributed by atoms with Crippen molar-refractivity contribution >= 4 is 0 Å². The van der Waals surface area contributed by atoms with Crippen molar-refractivity contribution in [1.29, 1.82) is 0 Å². The maximum absolute atomic E-state index is 11.4. The number of rotatable bonds is 0. The lowest BCUT2D eigenvalue weighted by Gasteiger charge is -2.39. The minimum Gasteiger partial charge on any atom is -0.287 e. The van der Waals surface area contributed by atoms with Gasteiger partial charge in [0, 0.05) is 12.3 Å². The van der Waals surface area contributed by atoms with E-state index in [2.05, 4.69) is 4.68 Å². The molecule has 3 nitrogen and oxygen atoms in total. The Bertz CT molecular complexity index is 355. The molecule has 0 spiro atoms. The van der Waals surface area contributed by atoms with E-state index in [1.54, 1.807) is 6.07 Å². The van der Waals surface area contributed by atoms with Gasteiger partial charge in [-0.05, 0) is 25.7 Å². The molecule has 0 saturated heterocycles. The van der Waals surface area contributed by atoms with Crippen LogP contribution in [-0.2, 0) is 0 Å². The van der Waals surface area contributed by atoms with Crippen LogP contribution in [0.1, 0.15) is 37.8 Å². The van der Waals surface area contributed by atoms with E-state index < -0.39 is 0 Å². The molecule has 2 bridgehead atoms. The van der Waals surface area contributed by atoms with E-state index in [1.807, 2.05) is 10.9 Å². The summed E-state index contributed by atoms with van der Waals surface area (Å²) in [5.74, 6) is 0. The summed E-state index contributed by atoms with van der Waals surface area (Å²) in [6.45, 7) is 0. The van der Waals surface area contributed by atoms with Crippen molar-refractivity contribution in [2.24, 2.45) is 0 Å². The summed E-state index contributed by atoms with van der Waals surface area (Å²) in [5, 5.41) is 0. The zero-order chi connectivity index (χ0) is 8.13. The second-order valence-corrected chi connectivity index (χ2v) is 3.84. The van der Waals surface area contributed by atoms with E-state index in [0.29, 0.717) is 12.1 Å². The van der Waals surface area contributed by atoms with Gasteiger partial charge in [0.05, 0.1) is 12.1 Å². The third kappa shape index (κ3) is 0.642. The Hall–Kier alpha value is -0.990. The third-order valence-electron chi connectivity index (χ3n) is 3.23. The first-order valence-corrected chi connectivity index (χ1v) is 4.66. The number of hydrogen-bond donors (Lipinski definition) is 0. The molecule has 12 heavy (non-hydrogen) atoms. The molecule has 3 heteroatoms. The molecule has 1 aliphatic carbocycles. The van der Waals surface area contributed by atoms with Crippen molar-refractivity contribution in [3.63, 3.8) is 0 Å². The number of aromatic nitrogens is 2. The SMILES string of the molecule is O=c1ccn2n1C1CCC2CC1. The normalized spacial score (nSPS) is 32.0. The summed E-state index contributed by atoms with van der Waals surface area (Å²) in [5.41, 5.74) is 0.185. The Balaban J connectivity index is 2.28. The first-order valence-electron chi connectivity index (χ1n) is 4.66. The van der Waals surface area contributed by atoms with Gasteiger partial charge in [-0.15, -0.1) is 0 Å². The Morgan fingerprint density at radius 1 is 1.17 bits per heavy atom. The smallest absolute Gasteiger partial charge is 0.266 e. The summed E-state index contributed by atoms with van der Waals surface area (Å²) in [6, 6.07) is 2.80. The molecule has 1 fully saturated rings. The zero-order valence-corrected chi connectivity index (χ0v) is 6.94. The van der Waals surface area contributed by atoms with E-state index >= 15 is 0 Å². The first kappa shape index (κ1) is 6.52. The molecule has 0 amide bonds. The Labute approximate surface area is 70.6 Å². The number of nitrogens with zero attached hydrogens (tertiary/aromatic N) is 2.